The number of hydrogen-bond acceptors (Lipinski definition) is 6. The molecule has 31 heavy (non-hydrogen) atoms. The number of rotatable bonds is 6. The van der Waals surface area contributed by atoms with Gasteiger partial charge < -0.3 is 15.2 Å². The predicted octanol–water partition coefficient (Wildman–Crippen LogP) is 4.06. The van der Waals surface area contributed by atoms with Crippen molar-refractivity contribution in [2.45, 2.75) is 82.1 Å². The second kappa shape index (κ2) is 9.65. The number of aliphatic hydroxyl groups is 1. The normalized spacial score (nSPS) is 23.2. The van der Waals surface area contributed by atoms with Crippen molar-refractivity contribution in [3.63, 3.8) is 0 Å². The Labute approximate surface area is 179 Å². The molecule has 170 valence electrons. The summed E-state index contributed by atoms with van der Waals surface area (Å²) in [4.78, 5) is 13.6. The number of alkyl halides is 3. The highest BCUT2D eigenvalue weighted by Gasteiger charge is 2.27. The van der Waals surface area contributed by atoms with E-state index in [0.29, 0.717) is 17.1 Å². The number of aliphatic hydroxyl groups excluding tert-OH is 1. The van der Waals surface area contributed by atoms with E-state index in [1.807, 2.05) is 0 Å². The Morgan fingerprint density at radius 3 is 2.48 bits per heavy atom. The molecule has 0 spiro atoms. The van der Waals surface area contributed by atoms with Crippen LogP contribution in [0.15, 0.2) is 12.4 Å². The van der Waals surface area contributed by atoms with E-state index in [1.165, 1.54) is 0 Å². The number of halogens is 3. The van der Waals surface area contributed by atoms with Crippen LogP contribution in [0.1, 0.15) is 68.7 Å². The van der Waals surface area contributed by atoms with Crippen LogP contribution < -0.4 is 10.1 Å². The van der Waals surface area contributed by atoms with E-state index in [1.54, 1.807) is 12.4 Å². The molecule has 2 aliphatic rings. The molecule has 9 heteroatoms. The topological polar surface area (TPSA) is 80.2 Å². The molecular weight excluding hydrogens is 409 g/mol. The van der Waals surface area contributed by atoms with Gasteiger partial charge in [-0.2, -0.15) is 13.2 Å². The summed E-state index contributed by atoms with van der Waals surface area (Å²) in [5.41, 5.74) is 1.69. The first-order valence-electron chi connectivity index (χ1n) is 11.2. The first-order chi connectivity index (χ1) is 14.9. The Hall–Kier alpha value is -2.00. The van der Waals surface area contributed by atoms with Crippen molar-refractivity contribution in [2.75, 3.05) is 13.1 Å². The summed E-state index contributed by atoms with van der Waals surface area (Å²) in [5.74, 6) is 1.11. The van der Waals surface area contributed by atoms with E-state index < -0.39 is 12.6 Å². The summed E-state index contributed by atoms with van der Waals surface area (Å²) in [5, 5.41) is 13.9. The van der Waals surface area contributed by atoms with Crippen LogP contribution >= 0.6 is 0 Å². The summed E-state index contributed by atoms with van der Waals surface area (Å²) >= 11 is 0. The lowest BCUT2D eigenvalue weighted by molar-refractivity contribution is -0.135. The highest BCUT2D eigenvalue weighted by Crippen LogP contribution is 2.37. The first-order valence-corrected chi connectivity index (χ1v) is 11.2. The van der Waals surface area contributed by atoms with E-state index in [2.05, 4.69) is 20.3 Å². The number of fused-ring (bicyclic) bond motifs is 1. The molecule has 2 fully saturated rings. The van der Waals surface area contributed by atoms with Gasteiger partial charge >= 0.3 is 6.18 Å². The summed E-state index contributed by atoms with van der Waals surface area (Å²) in [6.07, 6.45) is 3.25. The Kier molecular flexibility index (Phi) is 6.91. The molecule has 2 N–H and O–H groups in total. The van der Waals surface area contributed by atoms with E-state index >= 15 is 0 Å². The molecule has 3 heterocycles. The minimum atomic E-state index is -4.18. The molecule has 2 aromatic rings. The number of ether oxygens (including phenoxy) is 1. The van der Waals surface area contributed by atoms with Gasteiger partial charge in [0.15, 0.2) is 0 Å². The quantitative estimate of drug-likeness (QED) is 0.708. The molecule has 0 bridgehead atoms. The van der Waals surface area contributed by atoms with Crippen LogP contribution in [-0.2, 0) is 6.42 Å². The number of aryl methyl sites for hydroxylation is 1. The average molecular weight is 438 g/mol. The number of hydrogen-bond donors (Lipinski definition) is 2. The first kappa shape index (κ1) is 22.2. The Bertz CT molecular complexity index is 879. The van der Waals surface area contributed by atoms with Crippen LogP contribution in [0.3, 0.4) is 0 Å². The fraction of sp³-hybridized carbons (Fsp3) is 0.682. The van der Waals surface area contributed by atoms with Crippen molar-refractivity contribution in [1.29, 1.82) is 0 Å². The van der Waals surface area contributed by atoms with E-state index in [9.17, 15) is 18.3 Å². The van der Waals surface area contributed by atoms with Gasteiger partial charge in [0.1, 0.15) is 11.9 Å². The molecule has 0 atom stereocenters. The summed E-state index contributed by atoms with van der Waals surface area (Å²) < 4.78 is 43.8. The third-order valence-corrected chi connectivity index (χ3v) is 6.23. The Balaban J connectivity index is 1.62. The second-order valence-electron chi connectivity index (χ2n) is 8.61. The molecule has 6 nitrogen and oxygen atoms in total. The maximum atomic E-state index is 12.5. The maximum absolute atomic E-state index is 12.5. The Morgan fingerprint density at radius 2 is 1.77 bits per heavy atom. The fourth-order valence-corrected chi connectivity index (χ4v) is 4.47. The summed E-state index contributed by atoms with van der Waals surface area (Å²) in [6, 6.07) is 0. The molecule has 0 aromatic carbocycles. The highest BCUT2D eigenvalue weighted by atomic mass is 19.4. The van der Waals surface area contributed by atoms with E-state index in [0.717, 1.165) is 62.7 Å². The predicted molar refractivity (Wildman–Crippen MR) is 110 cm³/mol. The van der Waals surface area contributed by atoms with Crippen LogP contribution in [-0.4, -0.2) is 51.5 Å². The van der Waals surface area contributed by atoms with Gasteiger partial charge in [-0.3, -0.25) is 0 Å². The second-order valence-corrected chi connectivity index (χ2v) is 8.61. The molecule has 1 saturated heterocycles. The van der Waals surface area contributed by atoms with Gasteiger partial charge in [-0.1, -0.05) is 0 Å². The lowest BCUT2D eigenvalue weighted by Crippen LogP contribution is -2.34. The van der Waals surface area contributed by atoms with Crippen LogP contribution in [0.2, 0.25) is 0 Å². The number of nitrogens with zero attached hydrogens (tertiary/aromatic N) is 3. The lowest BCUT2D eigenvalue weighted by Gasteiger charge is -2.27. The van der Waals surface area contributed by atoms with Gasteiger partial charge in [-0.25, -0.2) is 15.0 Å². The molecule has 4 rings (SSSR count). The maximum Gasteiger partial charge on any atom is 0.389 e. The lowest BCUT2D eigenvalue weighted by atomic mass is 9.82. The third kappa shape index (κ3) is 5.83. The molecular formula is C22H29F3N4O2. The summed E-state index contributed by atoms with van der Waals surface area (Å²) in [7, 11) is 0. The molecule has 0 radical (unpaired) electrons. The number of aromatic nitrogens is 3. The zero-order valence-electron chi connectivity index (χ0n) is 17.5. The zero-order valence-corrected chi connectivity index (χ0v) is 17.5. The minimum Gasteiger partial charge on any atom is -0.474 e. The molecule has 0 amide bonds. The van der Waals surface area contributed by atoms with E-state index in [-0.39, 0.29) is 31.0 Å². The van der Waals surface area contributed by atoms with Gasteiger partial charge in [0.2, 0.25) is 5.88 Å². The van der Waals surface area contributed by atoms with Crippen molar-refractivity contribution in [3.8, 4) is 5.88 Å². The van der Waals surface area contributed by atoms with Gasteiger partial charge in [0.25, 0.3) is 0 Å². The molecule has 1 aliphatic heterocycles. The van der Waals surface area contributed by atoms with Crippen molar-refractivity contribution >= 4 is 10.9 Å². The number of pyridine rings is 1. The van der Waals surface area contributed by atoms with Crippen molar-refractivity contribution in [1.82, 2.24) is 20.3 Å². The highest BCUT2D eigenvalue weighted by molar-refractivity contribution is 5.85. The van der Waals surface area contributed by atoms with Crippen LogP contribution in [0.4, 0.5) is 13.2 Å². The molecule has 1 saturated carbocycles. The zero-order chi connectivity index (χ0) is 21.8. The van der Waals surface area contributed by atoms with Crippen LogP contribution in [0.25, 0.3) is 10.9 Å². The Morgan fingerprint density at radius 1 is 1.03 bits per heavy atom. The molecule has 0 unspecified atom stereocenters. The van der Waals surface area contributed by atoms with Crippen molar-refractivity contribution < 1.29 is 23.0 Å². The fourth-order valence-electron chi connectivity index (χ4n) is 4.47. The molecule has 1 aliphatic carbocycles. The monoisotopic (exact) mass is 438 g/mol. The van der Waals surface area contributed by atoms with Crippen molar-refractivity contribution in [2.24, 2.45) is 0 Å². The van der Waals surface area contributed by atoms with Crippen LogP contribution in [0, 0.1) is 0 Å². The van der Waals surface area contributed by atoms with Gasteiger partial charge in [-0.15, -0.1) is 0 Å². The smallest absolute Gasteiger partial charge is 0.389 e. The number of piperidine rings is 1. The van der Waals surface area contributed by atoms with Gasteiger partial charge in [-0.05, 0) is 64.0 Å². The van der Waals surface area contributed by atoms with Gasteiger partial charge in [0.05, 0.1) is 17.0 Å². The number of nitrogens with one attached hydrogen (secondary N) is 1. The SMILES string of the molecule is OC1CCC(c2cnc(OC3CCNCC3)c3cnc(CCCC(F)(F)F)nc23)CC1. The average Bonchev–Trinajstić information content (AvgIpc) is 2.74. The largest absolute Gasteiger partial charge is 0.474 e. The van der Waals surface area contributed by atoms with Crippen molar-refractivity contribution in [3.05, 3.63) is 23.8 Å². The third-order valence-electron chi connectivity index (χ3n) is 6.23. The van der Waals surface area contributed by atoms with Gasteiger partial charge in [0, 0.05) is 30.8 Å². The standard InChI is InChI=1S/C22H29F3N4O2/c23-22(24,25)9-1-2-19-27-13-18-20(29-19)17(14-3-5-15(30)6-4-14)12-28-21(18)31-16-7-10-26-11-8-16/h12-16,26,30H,1-11H2. The molecule has 2 aromatic heterocycles. The minimum absolute atomic E-state index is 0.0382. The van der Waals surface area contributed by atoms with E-state index in [4.69, 9.17) is 4.74 Å². The summed E-state index contributed by atoms with van der Waals surface area (Å²) in [6.45, 7) is 1.79. The van der Waals surface area contributed by atoms with Crippen LogP contribution in [0.5, 0.6) is 5.88 Å².